The average molecular weight is 294 g/mol. The lowest BCUT2D eigenvalue weighted by atomic mass is 10.0. The minimum Gasteiger partial charge on any atom is -0.357 e. The number of Topliss-reactive ketones (excluding diaryl/α,β-unsaturated/α-hetero) is 1. The van der Waals surface area contributed by atoms with E-state index in [0.717, 1.165) is 16.8 Å². The first-order chi connectivity index (χ1) is 10.6. The lowest BCUT2D eigenvalue weighted by Gasteiger charge is -2.02. The van der Waals surface area contributed by atoms with Crippen molar-refractivity contribution in [2.75, 3.05) is 0 Å². The predicted octanol–water partition coefficient (Wildman–Crippen LogP) is 3.87. The molecule has 0 aliphatic heterocycles. The Morgan fingerprint density at radius 3 is 2.55 bits per heavy atom. The van der Waals surface area contributed by atoms with Crippen molar-refractivity contribution in [3.63, 3.8) is 0 Å². The van der Waals surface area contributed by atoms with E-state index < -0.39 is 4.92 Å². The number of fused-ring (bicyclic) bond motifs is 1. The molecule has 0 aliphatic carbocycles. The number of H-pyrrole nitrogens is 1. The Labute approximate surface area is 126 Å². The summed E-state index contributed by atoms with van der Waals surface area (Å²) in [7, 11) is 0. The molecule has 0 saturated carbocycles. The molecule has 1 aromatic heterocycles. The summed E-state index contributed by atoms with van der Waals surface area (Å²) in [6.07, 6.45) is 0.582. The van der Waals surface area contributed by atoms with Crippen molar-refractivity contribution in [1.29, 1.82) is 0 Å². The van der Waals surface area contributed by atoms with Crippen LogP contribution in [0.4, 0.5) is 5.69 Å². The quantitative estimate of drug-likeness (QED) is 0.451. The number of nitrogens with zero attached hydrogens (tertiary/aromatic N) is 1. The van der Waals surface area contributed by atoms with Crippen LogP contribution in [0.5, 0.6) is 0 Å². The van der Waals surface area contributed by atoms with Gasteiger partial charge in [-0.05, 0) is 18.6 Å². The lowest BCUT2D eigenvalue weighted by molar-refractivity contribution is -0.384. The Balaban J connectivity index is 2.15. The number of hydrogen-bond acceptors (Lipinski definition) is 3. The van der Waals surface area contributed by atoms with Crippen LogP contribution >= 0.6 is 0 Å². The fraction of sp³-hybridized carbons (Fsp3) is 0.118. The van der Waals surface area contributed by atoms with Gasteiger partial charge in [0.25, 0.3) is 5.69 Å². The molecule has 5 heteroatoms. The predicted molar refractivity (Wildman–Crippen MR) is 84.2 cm³/mol. The molecule has 110 valence electrons. The molecule has 0 aliphatic rings. The maximum atomic E-state index is 12.0. The SMILES string of the molecule is CC(=O)c1c(Cc2ccccc2)[nH]c2ccc([N+](=O)[O-])cc12. The second-order valence-corrected chi connectivity index (χ2v) is 5.18. The van der Waals surface area contributed by atoms with Crippen LogP contribution < -0.4 is 0 Å². The minimum absolute atomic E-state index is 0.0136. The third-order valence-electron chi connectivity index (χ3n) is 3.65. The minimum atomic E-state index is -0.451. The van der Waals surface area contributed by atoms with Gasteiger partial charge in [0.05, 0.1) is 4.92 Å². The highest BCUT2D eigenvalue weighted by atomic mass is 16.6. The summed E-state index contributed by atoms with van der Waals surface area (Å²) in [6.45, 7) is 1.48. The molecule has 0 amide bonds. The van der Waals surface area contributed by atoms with Crippen LogP contribution in [-0.4, -0.2) is 15.7 Å². The Morgan fingerprint density at radius 1 is 1.18 bits per heavy atom. The molecule has 3 rings (SSSR count). The van der Waals surface area contributed by atoms with E-state index in [1.807, 2.05) is 30.3 Å². The van der Waals surface area contributed by atoms with Gasteiger partial charge in [-0.3, -0.25) is 14.9 Å². The lowest BCUT2D eigenvalue weighted by Crippen LogP contribution is -1.99. The first-order valence-corrected chi connectivity index (χ1v) is 6.90. The van der Waals surface area contributed by atoms with Crippen molar-refractivity contribution in [3.05, 3.63) is 75.5 Å². The molecular weight excluding hydrogens is 280 g/mol. The number of carbonyl (C=O) groups excluding carboxylic acids is 1. The number of non-ortho nitro benzene ring substituents is 1. The number of hydrogen-bond donors (Lipinski definition) is 1. The number of rotatable bonds is 4. The highest BCUT2D eigenvalue weighted by Crippen LogP contribution is 2.28. The van der Waals surface area contributed by atoms with Crippen LogP contribution in [0.1, 0.15) is 28.5 Å². The summed E-state index contributed by atoms with van der Waals surface area (Å²) < 4.78 is 0. The van der Waals surface area contributed by atoms with Crippen molar-refractivity contribution in [1.82, 2.24) is 4.98 Å². The molecule has 3 aromatic rings. The van der Waals surface area contributed by atoms with Crippen LogP contribution in [0.2, 0.25) is 0 Å². The van der Waals surface area contributed by atoms with Gasteiger partial charge < -0.3 is 4.98 Å². The Hall–Kier alpha value is -2.95. The Bertz CT molecular complexity index is 866. The molecule has 5 nitrogen and oxygen atoms in total. The first-order valence-electron chi connectivity index (χ1n) is 6.90. The fourth-order valence-corrected chi connectivity index (χ4v) is 2.68. The van der Waals surface area contributed by atoms with Crippen LogP contribution in [0, 0.1) is 10.1 Å². The van der Waals surface area contributed by atoms with Gasteiger partial charge in [0.15, 0.2) is 5.78 Å². The van der Waals surface area contributed by atoms with Crippen LogP contribution in [-0.2, 0) is 6.42 Å². The summed E-state index contributed by atoms with van der Waals surface area (Å²) in [6, 6.07) is 14.3. The second kappa shape index (κ2) is 5.44. The number of benzene rings is 2. The normalized spacial score (nSPS) is 10.8. The van der Waals surface area contributed by atoms with Gasteiger partial charge in [-0.15, -0.1) is 0 Å². The molecule has 2 aromatic carbocycles. The van der Waals surface area contributed by atoms with Gasteiger partial charge in [0, 0.05) is 40.7 Å². The Kier molecular flexibility index (Phi) is 3.47. The van der Waals surface area contributed by atoms with Crippen molar-refractivity contribution in [2.24, 2.45) is 0 Å². The third-order valence-corrected chi connectivity index (χ3v) is 3.65. The molecule has 0 spiro atoms. The number of nitro benzene ring substituents is 1. The number of ketones is 1. The zero-order chi connectivity index (χ0) is 15.7. The van der Waals surface area contributed by atoms with Crippen LogP contribution in [0.3, 0.4) is 0 Å². The van der Waals surface area contributed by atoms with E-state index in [1.165, 1.54) is 19.1 Å². The number of nitrogens with one attached hydrogen (secondary N) is 1. The van der Waals surface area contributed by atoms with E-state index >= 15 is 0 Å². The van der Waals surface area contributed by atoms with E-state index in [9.17, 15) is 14.9 Å². The van der Waals surface area contributed by atoms with Crippen LogP contribution in [0.25, 0.3) is 10.9 Å². The fourth-order valence-electron chi connectivity index (χ4n) is 2.68. The molecule has 0 atom stereocenters. The van der Waals surface area contributed by atoms with Crippen molar-refractivity contribution in [3.8, 4) is 0 Å². The van der Waals surface area contributed by atoms with E-state index in [4.69, 9.17) is 0 Å². The number of aromatic nitrogens is 1. The monoisotopic (exact) mass is 294 g/mol. The van der Waals surface area contributed by atoms with E-state index in [0.29, 0.717) is 17.4 Å². The molecule has 0 unspecified atom stereocenters. The topological polar surface area (TPSA) is 76.0 Å². The zero-order valence-electron chi connectivity index (χ0n) is 12.0. The van der Waals surface area contributed by atoms with Gasteiger partial charge in [0.1, 0.15) is 0 Å². The standard InChI is InChI=1S/C17H14N2O3/c1-11(20)17-14-10-13(19(21)22)7-8-15(14)18-16(17)9-12-5-3-2-4-6-12/h2-8,10,18H,9H2,1H3. The highest BCUT2D eigenvalue weighted by Gasteiger charge is 2.18. The molecule has 1 N–H and O–H groups in total. The van der Waals surface area contributed by atoms with Gasteiger partial charge in [-0.25, -0.2) is 0 Å². The van der Waals surface area contributed by atoms with Crippen molar-refractivity contribution < 1.29 is 9.72 Å². The third kappa shape index (κ3) is 2.48. The molecule has 0 saturated heterocycles. The van der Waals surface area contributed by atoms with Crippen LogP contribution in [0.15, 0.2) is 48.5 Å². The Morgan fingerprint density at radius 2 is 1.91 bits per heavy atom. The molecule has 0 radical (unpaired) electrons. The second-order valence-electron chi connectivity index (χ2n) is 5.18. The average Bonchev–Trinajstić information content (AvgIpc) is 2.85. The summed E-state index contributed by atoms with van der Waals surface area (Å²) in [4.78, 5) is 25.7. The van der Waals surface area contributed by atoms with Crippen molar-refractivity contribution in [2.45, 2.75) is 13.3 Å². The zero-order valence-corrected chi connectivity index (χ0v) is 12.0. The number of nitro groups is 1. The van der Waals surface area contributed by atoms with Gasteiger partial charge in [-0.2, -0.15) is 0 Å². The van der Waals surface area contributed by atoms with E-state index in [-0.39, 0.29) is 11.5 Å². The first kappa shape index (κ1) is 14.0. The summed E-state index contributed by atoms with van der Waals surface area (Å²) in [5.41, 5.74) is 3.12. The molecule has 0 bridgehead atoms. The number of aromatic amines is 1. The number of carbonyl (C=O) groups is 1. The van der Waals surface area contributed by atoms with Crippen molar-refractivity contribution >= 4 is 22.4 Å². The van der Waals surface area contributed by atoms with Gasteiger partial charge in [-0.1, -0.05) is 30.3 Å². The summed E-state index contributed by atoms with van der Waals surface area (Å²) in [5.74, 6) is -0.0994. The van der Waals surface area contributed by atoms with Gasteiger partial charge >= 0.3 is 0 Å². The van der Waals surface area contributed by atoms with Gasteiger partial charge in [0.2, 0.25) is 0 Å². The summed E-state index contributed by atoms with van der Waals surface area (Å²) in [5, 5.41) is 11.5. The highest BCUT2D eigenvalue weighted by molar-refractivity contribution is 6.08. The summed E-state index contributed by atoms with van der Waals surface area (Å²) >= 11 is 0. The van der Waals surface area contributed by atoms with E-state index in [2.05, 4.69) is 4.98 Å². The van der Waals surface area contributed by atoms with E-state index in [1.54, 1.807) is 6.07 Å². The smallest absolute Gasteiger partial charge is 0.270 e. The molecule has 1 heterocycles. The maximum Gasteiger partial charge on any atom is 0.270 e. The maximum absolute atomic E-state index is 12.0. The molecule has 22 heavy (non-hydrogen) atoms. The largest absolute Gasteiger partial charge is 0.357 e. The molecular formula is C17H14N2O3. The molecule has 0 fully saturated rings.